The molecule has 1 unspecified atom stereocenters. The van der Waals surface area contributed by atoms with Crippen molar-refractivity contribution >= 4 is 17.3 Å². The number of anilines is 1. The number of nitrogens with one attached hydrogen (secondary N) is 1. The lowest BCUT2D eigenvalue weighted by atomic mass is 10.1. The highest BCUT2D eigenvalue weighted by atomic mass is 35.5. The quantitative estimate of drug-likeness (QED) is 0.901. The zero-order chi connectivity index (χ0) is 15.4. The van der Waals surface area contributed by atoms with Crippen LogP contribution in [-0.4, -0.2) is 44.2 Å². The van der Waals surface area contributed by atoms with E-state index in [4.69, 9.17) is 11.6 Å². The van der Waals surface area contributed by atoms with Crippen molar-refractivity contribution in [2.45, 2.75) is 33.4 Å². The molecule has 1 fully saturated rings. The highest BCUT2D eigenvalue weighted by molar-refractivity contribution is 6.30. The van der Waals surface area contributed by atoms with Gasteiger partial charge in [0.2, 0.25) is 0 Å². The first kappa shape index (κ1) is 16.6. The Kier molecular flexibility index (Phi) is 5.91. The minimum Gasteiger partial charge on any atom is -0.366 e. The molecule has 0 radical (unpaired) electrons. The van der Waals surface area contributed by atoms with Gasteiger partial charge < -0.3 is 15.1 Å². The summed E-state index contributed by atoms with van der Waals surface area (Å²) in [6, 6.07) is 6.83. The van der Waals surface area contributed by atoms with E-state index in [0.29, 0.717) is 12.0 Å². The Morgan fingerprint density at radius 1 is 1.33 bits per heavy atom. The Bertz CT molecular complexity index is 461. The Morgan fingerprint density at radius 2 is 2.10 bits per heavy atom. The molecule has 1 aromatic carbocycles. The minimum absolute atomic E-state index is 0.536. The van der Waals surface area contributed by atoms with Crippen LogP contribution in [0.5, 0.6) is 0 Å². The molecule has 0 bridgehead atoms. The summed E-state index contributed by atoms with van der Waals surface area (Å²) >= 11 is 6.20. The first-order valence-electron chi connectivity index (χ1n) is 7.91. The van der Waals surface area contributed by atoms with Gasteiger partial charge in [-0.2, -0.15) is 0 Å². The number of rotatable bonds is 5. The molecule has 118 valence electrons. The summed E-state index contributed by atoms with van der Waals surface area (Å²) in [5.74, 6) is 0.662. The lowest BCUT2D eigenvalue weighted by Gasteiger charge is -2.40. The third-order valence-corrected chi connectivity index (χ3v) is 4.28. The molecule has 1 aliphatic heterocycles. The van der Waals surface area contributed by atoms with Gasteiger partial charge in [-0.05, 0) is 50.2 Å². The molecular formula is C17H28ClN3. The average Bonchev–Trinajstić information content (AvgIpc) is 2.39. The molecule has 1 N–H and O–H groups in total. The van der Waals surface area contributed by atoms with Gasteiger partial charge in [0, 0.05) is 42.9 Å². The SMILES string of the molecule is CC(C)CNCc1cc(Cl)ccc1N1CCN(C)CC1C. The van der Waals surface area contributed by atoms with E-state index in [9.17, 15) is 0 Å². The van der Waals surface area contributed by atoms with E-state index in [1.54, 1.807) is 0 Å². The van der Waals surface area contributed by atoms with Crippen molar-refractivity contribution in [3.63, 3.8) is 0 Å². The van der Waals surface area contributed by atoms with E-state index in [1.807, 2.05) is 6.07 Å². The van der Waals surface area contributed by atoms with Crippen LogP contribution in [-0.2, 0) is 6.54 Å². The minimum atomic E-state index is 0.536. The molecule has 0 aliphatic carbocycles. The first-order chi connectivity index (χ1) is 9.97. The van der Waals surface area contributed by atoms with E-state index in [1.165, 1.54) is 11.3 Å². The molecule has 0 amide bonds. The Hall–Kier alpha value is -0.770. The van der Waals surface area contributed by atoms with E-state index in [2.05, 4.69) is 55.1 Å². The van der Waals surface area contributed by atoms with Crippen LogP contribution in [0.1, 0.15) is 26.3 Å². The molecule has 1 atom stereocenters. The fourth-order valence-corrected chi connectivity index (χ4v) is 3.16. The van der Waals surface area contributed by atoms with Crippen LogP contribution in [0.15, 0.2) is 18.2 Å². The summed E-state index contributed by atoms with van der Waals surface area (Å²) < 4.78 is 0. The van der Waals surface area contributed by atoms with Gasteiger partial charge in [-0.15, -0.1) is 0 Å². The van der Waals surface area contributed by atoms with Crippen molar-refractivity contribution in [2.75, 3.05) is 38.1 Å². The van der Waals surface area contributed by atoms with Crippen LogP contribution >= 0.6 is 11.6 Å². The van der Waals surface area contributed by atoms with E-state index < -0.39 is 0 Å². The molecule has 2 rings (SSSR count). The summed E-state index contributed by atoms with van der Waals surface area (Å²) in [6.45, 7) is 12.0. The summed E-state index contributed by atoms with van der Waals surface area (Å²) in [4.78, 5) is 4.91. The predicted molar refractivity (Wildman–Crippen MR) is 92.3 cm³/mol. The molecule has 1 saturated heterocycles. The van der Waals surface area contributed by atoms with Crippen molar-refractivity contribution in [3.8, 4) is 0 Å². The maximum atomic E-state index is 6.20. The van der Waals surface area contributed by atoms with E-state index >= 15 is 0 Å². The molecule has 1 aromatic rings. The fraction of sp³-hybridized carbons (Fsp3) is 0.647. The van der Waals surface area contributed by atoms with Crippen molar-refractivity contribution in [1.82, 2.24) is 10.2 Å². The van der Waals surface area contributed by atoms with Gasteiger partial charge in [-0.25, -0.2) is 0 Å². The number of likely N-dealkylation sites (N-methyl/N-ethyl adjacent to an activating group) is 1. The fourth-order valence-electron chi connectivity index (χ4n) is 2.97. The smallest absolute Gasteiger partial charge is 0.0416 e. The largest absolute Gasteiger partial charge is 0.366 e. The molecule has 0 saturated carbocycles. The summed E-state index contributed by atoms with van der Waals surface area (Å²) in [5.41, 5.74) is 2.64. The van der Waals surface area contributed by atoms with Gasteiger partial charge in [0.1, 0.15) is 0 Å². The van der Waals surface area contributed by atoms with Gasteiger partial charge in [0.15, 0.2) is 0 Å². The molecule has 21 heavy (non-hydrogen) atoms. The molecule has 0 spiro atoms. The molecule has 1 aliphatic rings. The summed E-state index contributed by atoms with van der Waals surface area (Å²) in [5, 5.41) is 4.36. The Balaban J connectivity index is 2.14. The van der Waals surface area contributed by atoms with Crippen LogP contribution in [0.4, 0.5) is 5.69 Å². The molecule has 1 heterocycles. The van der Waals surface area contributed by atoms with Crippen LogP contribution in [0.3, 0.4) is 0 Å². The third kappa shape index (κ3) is 4.60. The number of hydrogen-bond acceptors (Lipinski definition) is 3. The molecule has 4 heteroatoms. The monoisotopic (exact) mass is 309 g/mol. The lowest BCUT2D eigenvalue weighted by molar-refractivity contribution is 0.275. The number of piperazine rings is 1. The van der Waals surface area contributed by atoms with Crippen LogP contribution in [0, 0.1) is 5.92 Å². The van der Waals surface area contributed by atoms with Gasteiger partial charge in [0.05, 0.1) is 0 Å². The highest BCUT2D eigenvalue weighted by Crippen LogP contribution is 2.27. The second-order valence-corrected chi connectivity index (χ2v) is 7.04. The van der Waals surface area contributed by atoms with Crippen molar-refractivity contribution < 1.29 is 0 Å². The van der Waals surface area contributed by atoms with Gasteiger partial charge >= 0.3 is 0 Å². The van der Waals surface area contributed by atoms with Crippen LogP contribution < -0.4 is 10.2 Å². The lowest BCUT2D eigenvalue weighted by Crippen LogP contribution is -2.50. The van der Waals surface area contributed by atoms with E-state index in [0.717, 1.165) is 37.7 Å². The molecule has 3 nitrogen and oxygen atoms in total. The van der Waals surface area contributed by atoms with Crippen molar-refractivity contribution in [2.24, 2.45) is 5.92 Å². The number of hydrogen-bond donors (Lipinski definition) is 1. The topological polar surface area (TPSA) is 18.5 Å². The van der Waals surface area contributed by atoms with Crippen LogP contribution in [0.2, 0.25) is 5.02 Å². The number of halogens is 1. The summed E-state index contributed by atoms with van der Waals surface area (Å²) in [7, 11) is 2.20. The number of benzene rings is 1. The first-order valence-corrected chi connectivity index (χ1v) is 8.29. The maximum Gasteiger partial charge on any atom is 0.0416 e. The predicted octanol–water partition coefficient (Wildman–Crippen LogP) is 3.23. The van der Waals surface area contributed by atoms with Gasteiger partial charge in [-0.3, -0.25) is 0 Å². The Labute approximate surface area is 134 Å². The normalized spacial score (nSPS) is 20.3. The average molecular weight is 310 g/mol. The van der Waals surface area contributed by atoms with Crippen molar-refractivity contribution in [3.05, 3.63) is 28.8 Å². The maximum absolute atomic E-state index is 6.20. The van der Waals surface area contributed by atoms with Gasteiger partial charge in [-0.1, -0.05) is 25.4 Å². The Morgan fingerprint density at radius 3 is 2.76 bits per heavy atom. The summed E-state index contributed by atoms with van der Waals surface area (Å²) in [6.07, 6.45) is 0. The standard InChI is InChI=1S/C17H28ClN3/c1-13(2)10-19-11-15-9-16(18)5-6-17(15)21-8-7-20(4)12-14(21)3/h5-6,9,13-14,19H,7-8,10-12H2,1-4H3. The van der Waals surface area contributed by atoms with Gasteiger partial charge in [0.25, 0.3) is 0 Å². The second kappa shape index (κ2) is 7.48. The van der Waals surface area contributed by atoms with Crippen LogP contribution in [0.25, 0.3) is 0 Å². The molecular weight excluding hydrogens is 282 g/mol. The third-order valence-electron chi connectivity index (χ3n) is 4.05. The zero-order valence-electron chi connectivity index (χ0n) is 13.7. The molecule has 0 aromatic heterocycles. The van der Waals surface area contributed by atoms with E-state index in [-0.39, 0.29) is 0 Å². The van der Waals surface area contributed by atoms with Crippen molar-refractivity contribution in [1.29, 1.82) is 0 Å². The highest BCUT2D eigenvalue weighted by Gasteiger charge is 2.23. The number of nitrogens with zero attached hydrogens (tertiary/aromatic N) is 2. The zero-order valence-corrected chi connectivity index (χ0v) is 14.5. The second-order valence-electron chi connectivity index (χ2n) is 6.60.